The molecule has 5 N–H and O–H groups in total. The van der Waals surface area contributed by atoms with Crippen LogP contribution in [0.1, 0.15) is 126 Å². The Morgan fingerprint density at radius 2 is 1.46 bits per heavy atom. The maximum atomic E-state index is 14.6. The van der Waals surface area contributed by atoms with Gasteiger partial charge in [0.2, 0.25) is 5.79 Å². The van der Waals surface area contributed by atoms with Crippen LogP contribution in [0.4, 0.5) is 4.79 Å². The van der Waals surface area contributed by atoms with Crippen LogP contribution in [-0.2, 0) is 61.8 Å². The Kier molecular flexibility index (Phi) is 30.2. The third-order valence-electron chi connectivity index (χ3n) is 16.4. The van der Waals surface area contributed by atoms with Gasteiger partial charge in [-0.25, -0.2) is 9.59 Å². The number of carbonyl (C=O) groups is 5. The number of allylic oxidation sites excluding steroid dienone is 5. The first kappa shape index (κ1) is 68.6. The monoisotopic (exact) mass is 1130 g/mol. The lowest BCUT2D eigenvalue weighted by Gasteiger charge is -2.43. The first-order valence-corrected chi connectivity index (χ1v) is 29.1. The number of ether oxygens (including phenoxy) is 9. The highest BCUT2D eigenvalue weighted by Gasteiger charge is 2.53. The minimum atomic E-state index is -2.46. The summed E-state index contributed by atoms with van der Waals surface area (Å²) in [7, 11) is 4.73. The zero-order valence-corrected chi connectivity index (χ0v) is 49.4. The number of esters is 1. The largest absolute Gasteiger partial charge is 0.460 e. The summed E-state index contributed by atoms with van der Waals surface area (Å²) < 4.78 is 51.4. The fourth-order valence-electron chi connectivity index (χ4n) is 11.2. The number of carbonyl (C=O) groups excluding carboxylic acids is 5. The average molecular weight is 1140 g/mol. The van der Waals surface area contributed by atoms with Crippen molar-refractivity contribution < 1.29 is 87.0 Å². The van der Waals surface area contributed by atoms with E-state index in [0.29, 0.717) is 104 Å². The molecule has 0 spiro atoms. The number of fused-ring (bicyclic) bond motifs is 3. The van der Waals surface area contributed by atoms with Crippen molar-refractivity contribution >= 4 is 29.5 Å². The predicted octanol–water partition coefficient (Wildman–Crippen LogP) is 5.75. The van der Waals surface area contributed by atoms with Crippen molar-refractivity contribution in [3.8, 4) is 0 Å². The van der Waals surface area contributed by atoms with Crippen LogP contribution in [0.25, 0.3) is 0 Å². The molecule has 20 nitrogen and oxygen atoms in total. The summed E-state index contributed by atoms with van der Waals surface area (Å²) in [5, 5.41) is 49.1. The number of nitrogens with one attached hydrogen (secondary N) is 1. The number of Topliss-reactive ketones (excluding diaryl/α,β-unsaturated/α-hetero) is 2. The first-order valence-electron chi connectivity index (χ1n) is 29.1. The van der Waals surface area contributed by atoms with Crippen molar-refractivity contribution in [2.24, 2.45) is 35.5 Å². The lowest BCUT2D eigenvalue weighted by molar-refractivity contribution is -0.265. The van der Waals surface area contributed by atoms with Crippen LogP contribution >= 0.6 is 0 Å². The predicted molar refractivity (Wildman–Crippen MR) is 298 cm³/mol. The summed E-state index contributed by atoms with van der Waals surface area (Å²) in [6, 6.07) is -1.17. The Bertz CT molecular complexity index is 2050. The van der Waals surface area contributed by atoms with Crippen LogP contribution in [0.15, 0.2) is 47.6 Å². The lowest BCUT2D eigenvalue weighted by Crippen LogP contribution is -2.61. The SMILES string of the molecule is COCCOCCOCCOCCNC(=O)O[C@@H]1CC[C@@H](C[C@@H](C)[C@@H]2C[C@@H](O)[C@H](C)/C=C(\C)[C@@H](O)[C@@H](O)C(=O)C(C)C[C@H](C)/C=C/C=C/C=C(\C)[C@@H](OC)C[C@@H]3CC[C@@H](C)[C@@](O)(O3)C(=O)C(=O)N3CCCC[C@H]3C(=O)O2)C[C@H]1OC. The molecular weight excluding hydrogens is 1040 g/mol. The van der Waals surface area contributed by atoms with Crippen molar-refractivity contribution in [3.05, 3.63) is 47.6 Å². The second kappa shape index (κ2) is 35.3. The molecule has 1 saturated carbocycles. The standard InChI is InChI=1S/C60H98N2O18/c1-38-16-12-11-13-17-39(2)50(73-9)36-46-21-19-44(7)60(71,80-46)56(67)57(68)62-24-15-14-18-47(62)58(69)78-51(37-48(63)40(3)33-43(6)54(65)55(66)53(64)42(5)32-38)41(4)34-45-20-22-49(52(35-45)74-10)79-59(70)61-23-25-75-28-29-77-31-30-76-27-26-72-8/h11-13,16-17,33,38,40-42,44-52,54-55,63,65-66,71H,14-15,18-32,34-37H2,1-10H3,(H,61,70)/b13-11+,16-12+,39-17+,43-33+/t38-,40-,41-,42?,44-,45+,46+,47+,48-,49-,50+,51+,52-,54-,55+,60-/m1/s1. The molecule has 0 radical (unpaired) electrons. The van der Waals surface area contributed by atoms with Gasteiger partial charge in [-0.2, -0.15) is 0 Å². The highest BCUT2D eigenvalue weighted by Crippen LogP contribution is 2.38. The van der Waals surface area contributed by atoms with E-state index >= 15 is 0 Å². The summed E-state index contributed by atoms with van der Waals surface area (Å²) in [5.41, 5.74) is 1.14. The molecule has 3 heterocycles. The van der Waals surface area contributed by atoms with Gasteiger partial charge in [-0.15, -0.1) is 0 Å². The van der Waals surface area contributed by atoms with E-state index in [1.54, 1.807) is 55.1 Å². The summed E-state index contributed by atoms with van der Waals surface area (Å²) in [5.74, 6) is -8.30. The molecule has 2 saturated heterocycles. The fraction of sp³-hybridized carbons (Fsp3) is 0.783. The molecule has 3 aliphatic heterocycles. The maximum Gasteiger partial charge on any atom is 0.407 e. The van der Waals surface area contributed by atoms with E-state index in [-0.39, 0.29) is 55.9 Å². The van der Waals surface area contributed by atoms with E-state index in [9.17, 15) is 44.4 Å². The molecule has 0 aromatic carbocycles. The Balaban J connectivity index is 1.53. The van der Waals surface area contributed by atoms with Crippen molar-refractivity contribution in [3.63, 3.8) is 0 Å². The molecule has 0 aromatic rings. The molecule has 2 bridgehead atoms. The number of amides is 2. The van der Waals surface area contributed by atoms with Gasteiger partial charge in [0.25, 0.3) is 11.7 Å². The zero-order valence-electron chi connectivity index (χ0n) is 49.4. The van der Waals surface area contributed by atoms with Crippen molar-refractivity contribution in [1.29, 1.82) is 0 Å². The number of nitrogens with zero attached hydrogens (tertiary/aromatic N) is 1. The normalized spacial score (nSPS) is 35.9. The van der Waals surface area contributed by atoms with Gasteiger partial charge in [0.05, 0.1) is 70.7 Å². The third-order valence-corrected chi connectivity index (χ3v) is 16.4. The Morgan fingerprint density at radius 1 is 0.775 bits per heavy atom. The van der Waals surface area contributed by atoms with E-state index in [4.69, 9.17) is 42.6 Å². The van der Waals surface area contributed by atoms with E-state index in [0.717, 1.165) is 5.57 Å². The third kappa shape index (κ3) is 21.4. The number of aliphatic hydroxyl groups excluding tert-OH is 3. The van der Waals surface area contributed by atoms with E-state index < -0.39 is 108 Å². The quantitative estimate of drug-likeness (QED) is 0.0474. The van der Waals surface area contributed by atoms with Crippen LogP contribution in [0.5, 0.6) is 0 Å². The molecule has 3 fully saturated rings. The van der Waals surface area contributed by atoms with Crippen LogP contribution in [0.3, 0.4) is 0 Å². The van der Waals surface area contributed by atoms with Crippen LogP contribution in [0.2, 0.25) is 0 Å². The summed E-state index contributed by atoms with van der Waals surface area (Å²) in [4.78, 5) is 70.9. The summed E-state index contributed by atoms with van der Waals surface area (Å²) >= 11 is 0. The van der Waals surface area contributed by atoms with Crippen molar-refractivity contribution in [1.82, 2.24) is 10.2 Å². The second-order valence-electron chi connectivity index (χ2n) is 22.7. The molecule has 456 valence electrons. The van der Waals surface area contributed by atoms with Gasteiger partial charge in [-0.05, 0) is 107 Å². The molecule has 0 aromatic heterocycles. The molecule has 4 aliphatic rings. The first-order chi connectivity index (χ1) is 38.1. The van der Waals surface area contributed by atoms with Gasteiger partial charge in [0, 0.05) is 65.0 Å². The van der Waals surface area contributed by atoms with Crippen LogP contribution in [0, 0.1) is 35.5 Å². The minimum Gasteiger partial charge on any atom is -0.460 e. The molecule has 1 unspecified atom stereocenters. The number of cyclic esters (lactones) is 1. The Morgan fingerprint density at radius 3 is 2.14 bits per heavy atom. The van der Waals surface area contributed by atoms with E-state index in [1.165, 1.54) is 4.90 Å². The number of alkyl carbamates (subject to hydrolysis) is 1. The molecule has 80 heavy (non-hydrogen) atoms. The molecule has 16 atom stereocenters. The summed E-state index contributed by atoms with van der Waals surface area (Å²) in [6.07, 6.45) is 8.01. The Labute approximate surface area is 475 Å². The second-order valence-corrected chi connectivity index (χ2v) is 22.7. The van der Waals surface area contributed by atoms with Crippen molar-refractivity contribution in [2.75, 3.05) is 80.7 Å². The highest BCUT2D eigenvalue weighted by molar-refractivity contribution is 6.39. The smallest absolute Gasteiger partial charge is 0.407 e. The number of aliphatic hydroxyl groups is 4. The number of ketones is 2. The number of rotatable bonds is 18. The van der Waals surface area contributed by atoms with Gasteiger partial charge in [-0.1, -0.05) is 71.1 Å². The van der Waals surface area contributed by atoms with Gasteiger partial charge < -0.3 is 73.3 Å². The minimum absolute atomic E-state index is 0.0226. The molecule has 4 rings (SSSR count). The topological polar surface area (TPSA) is 265 Å². The number of hydrogen-bond acceptors (Lipinski definition) is 18. The van der Waals surface area contributed by atoms with Gasteiger partial charge in [0.1, 0.15) is 30.5 Å². The van der Waals surface area contributed by atoms with Crippen LogP contribution in [-0.4, -0.2) is 196 Å². The maximum absolute atomic E-state index is 14.6. The molecule has 2 amide bonds. The number of methoxy groups -OCH3 is 3. The van der Waals surface area contributed by atoms with Crippen LogP contribution < -0.4 is 5.32 Å². The van der Waals surface area contributed by atoms with E-state index in [1.807, 2.05) is 51.2 Å². The van der Waals surface area contributed by atoms with Gasteiger partial charge in [-0.3, -0.25) is 14.4 Å². The number of piperidine rings is 1. The molecule has 20 heteroatoms. The molecular formula is C60H98N2O18. The highest BCUT2D eigenvalue weighted by atomic mass is 16.6. The molecule has 1 aliphatic carbocycles. The fourth-order valence-corrected chi connectivity index (χ4v) is 11.2. The summed E-state index contributed by atoms with van der Waals surface area (Å²) in [6.45, 7) is 15.6. The van der Waals surface area contributed by atoms with Gasteiger partial charge >= 0.3 is 12.1 Å². The van der Waals surface area contributed by atoms with Crippen molar-refractivity contribution in [2.45, 2.75) is 186 Å². The van der Waals surface area contributed by atoms with E-state index in [2.05, 4.69) is 5.32 Å². The van der Waals surface area contributed by atoms with Gasteiger partial charge in [0.15, 0.2) is 5.78 Å². The number of hydrogen-bond donors (Lipinski definition) is 5. The zero-order chi connectivity index (χ0) is 58.9. The lowest BCUT2D eigenvalue weighted by atomic mass is 9.78. The Hall–Kier alpha value is -3.93. The average Bonchev–Trinajstić information content (AvgIpc) is 3.45.